The first-order valence-corrected chi connectivity index (χ1v) is 8.93. The Labute approximate surface area is 161 Å². The molecule has 142 valence electrons. The monoisotopic (exact) mass is 400 g/mol. The number of carbonyl (C=O) groups is 2. The number of aryl methyl sites for hydroxylation is 1. The molecule has 12 heteroatoms. The normalized spacial score (nSPS) is 19.2. The van der Waals surface area contributed by atoms with Crippen LogP contribution in [0.5, 0.6) is 0 Å². The molecule has 3 heterocycles. The number of aromatic nitrogens is 4. The van der Waals surface area contributed by atoms with Crippen molar-refractivity contribution in [2.24, 2.45) is 7.05 Å². The van der Waals surface area contributed by atoms with Crippen LogP contribution in [0.3, 0.4) is 0 Å². The number of hydrogen-bond donors (Lipinski definition) is 0. The Bertz CT molecular complexity index is 1040. The van der Waals surface area contributed by atoms with Crippen LogP contribution in [0.15, 0.2) is 40.9 Å². The topological polar surface area (TPSA) is 133 Å². The van der Waals surface area contributed by atoms with E-state index in [0.717, 1.165) is 0 Å². The Balaban J connectivity index is 1.39. The summed E-state index contributed by atoms with van der Waals surface area (Å²) in [5.41, 5.74) is 1.22. The number of tetrazole rings is 1. The van der Waals surface area contributed by atoms with E-state index in [-0.39, 0.29) is 29.3 Å². The molecule has 2 aliphatic heterocycles. The number of thioether (sulfide) groups is 1. The van der Waals surface area contributed by atoms with Gasteiger partial charge in [0, 0.05) is 24.6 Å². The third-order valence-corrected chi connectivity index (χ3v) is 5.28. The third-order valence-electron chi connectivity index (χ3n) is 4.20. The van der Waals surface area contributed by atoms with E-state index >= 15 is 0 Å². The number of nitro benzene ring substituents is 1. The van der Waals surface area contributed by atoms with E-state index in [2.05, 4.69) is 15.5 Å². The number of amides is 1. The first-order chi connectivity index (χ1) is 13.5. The summed E-state index contributed by atoms with van der Waals surface area (Å²) in [5, 5.41) is 23.0. The van der Waals surface area contributed by atoms with Crippen molar-refractivity contribution < 1.29 is 19.2 Å². The lowest BCUT2D eigenvalue weighted by molar-refractivity contribution is -0.384. The Morgan fingerprint density at radius 1 is 1.39 bits per heavy atom. The highest BCUT2D eigenvalue weighted by atomic mass is 32.2. The molecule has 1 aromatic heterocycles. The predicted molar refractivity (Wildman–Crippen MR) is 96.0 cm³/mol. The molecule has 2 aliphatic rings. The van der Waals surface area contributed by atoms with E-state index in [1.165, 1.54) is 45.6 Å². The van der Waals surface area contributed by atoms with Crippen molar-refractivity contribution in [1.29, 1.82) is 0 Å². The molecule has 4 rings (SSSR count). The number of rotatable bonds is 5. The van der Waals surface area contributed by atoms with Crippen molar-refractivity contribution in [3.05, 3.63) is 62.4 Å². The summed E-state index contributed by atoms with van der Waals surface area (Å²) < 4.78 is 6.67. The van der Waals surface area contributed by atoms with Gasteiger partial charge in [-0.1, -0.05) is 0 Å². The van der Waals surface area contributed by atoms with Crippen molar-refractivity contribution in [2.45, 2.75) is 12.0 Å². The van der Waals surface area contributed by atoms with Crippen LogP contribution >= 0.6 is 11.8 Å². The van der Waals surface area contributed by atoms with Gasteiger partial charge in [0.1, 0.15) is 17.7 Å². The molecule has 11 nitrogen and oxygen atoms in total. The Kier molecular flexibility index (Phi) is 4.39. The highest BCUT2D eigenvalue weighted by Crippen LogP contribution is 2.45. The van der Waals surface area contributed by atoms with Gasteiger partial charge in [-0.25, -0.2) is 9.48 Å². The van der Waals surface area contributed by atoms with Crippen LogP contribution < -0.4 is 0 Å². The summed E-state index contributed by atoms with van der Waals surface area (Å²) in [4.78, 5) is 36.3. The maximum atomic E-state index is 12.4. The zero-order chi connectivity index (χ0) is 19.8. The van der Waals surface area contributed by atoms with Crippen molar-refractivity contribution in [1.82, 2.24) is 25.1 Å². The van der Waals surface area contributed by atoms with Gasteiger partial charge in [0.2, 0.25) is 0 Å². The second kappa shape index (κ2) is 6.88. The number of ether oxygens (including phenoxy) is 1. The molecule has 0 N–H and O–H groups in total. The Morgan fingerprint density at radius 3 is 2.79 bits per heavy atom. The molecule has 1 aromatic carbocycles. The molecule has 0 aliphatic carbocycles. The molecule has 1 saturated heterocycles. The number of fused-ring (bicyclic) bond motifs is 1. The number of esters is 1. The van der Waals surface area contributed by atoms with Crippen molar-refractivity contribution >= 4 is 35.4 Å². The summed E-state index contributed by atoms with van der Waals surface area (Å²) >= 11 is 1.32. The van der Waals surface area contributed by atoms with Gasteiger partial charge in [0.05, 0.1) is 10.5 Å². The molecule has 0 unspecified atom stereocenters. The molecule has 0 saturated carbocycles. The van der Waals surface area contributed by atoms with Crippen LogP contribution in [0, 0.1) is 10.1 Å². The molecule has 0 radical (unpaired) electrons. The van der Waals surface area contributed by atoms with Crippen molar-refractivity contribution in [3.8, 4) is 0 Å². The van der Waals surface area contributed by atoms with Gasteiger partial charge in [-0.15, -0.1) is 16.9 Å². The number of non-ortho nitro benzene ring substituents is 1. The quantitative estimate of drug-likeness (QED) is 0.237. The highest BCUT2D eigenvalue weighted by Gasteiger charge is 2.50. The fraction of sp³-hybridized carbons (Fsp3) is 0.188. The highest BCUT2D eigenvalue weighted by molar-refractivity contribution is 8.03. The van der Waals surface area contributed by atoms with Gasteiger partial charge in [0.25, 0.3) is 11.6 Å². The standard InChI is InChI=1S/C16H12N6O5S/c1-20-13(17-18-19-20)6-11-14(23)21-12(8-28-15(11)21)16(24)27-7-9-2-4-10(5-3-9)22(25)26/h2-6,8,15H,7H2,1H3/t15-/m0/s1. The molecule has 0 spiro atoms. The second-order valence-corrected chi connectivity index (χ2v) is 6.88. The van der Waals surface area contributed by atoms with Gasteiger partial charge in [-0.3, -0.25) is 19.8 Å². The van der Waals surface area contributed by atoms with Crippen LogP contribution in [0.2, 0.25) is 0 Å². The summed E-state index contributed by atoms with van der Waals surface area (Å²) in [6.45, 7) is -0.0567. The molecule has 28 heavy (non-hydrogen) atoms. The average Bonchev–Trinajstić information content (AvgIpc) is 3.28. The number of nitrogens with zero attached hydrogens (tertiary/aromatic N) is 6. The number of benzene rings is 1. The largest absolute Gasteiger partial charge is 0.456 e. The van der Waals surface area contributed by atoms with Crippen LogP contribution in [0.1, 0.15) is 11.4 Å². The van der Waals surface area contributed by atoms with E-state index in [1.807, 2.05) is 0 Å². The van der Waals surface area contributed by atoms with E-state index in [0.29, 0.717) is 17.0 Å². The molecule has 1 fully saturated rings. The fourth-order valence-electron chi connectivity index (χ4n) is 2.69. The van der Waals surface area contributed by atoms with Crippen molar-refractivity contribution in [3.63, 3.8) is 0 Å². The molecular weight excluding hydrogens is 388 g/mol. The summed E-state index contributed by atoms with van der Waals surface area (Å²) in [7, 11) is 1.66. The first kappa shape index (κ1) is 17.9. The minimum absolute atomic E-state index is 0.0450. The minimum atomic E-state index is -0.638. The first-order valence-electron chi connectivity index (χ1n) is 7.99. The number of β-lactam (4-membered cyclic amide) rings is 1. The Morgan fingerprint density at radius 2 is 2.14 bits per heavy atom. The maximum absolute atomic E-state index is 12.4. The van der Waals surface area contributed by atoms with Gasteiger partial charge in [-0.2, -0.15) is 0 Å². The smallest absolute Gasteiger partial charge is 0.355 e. The lowest BCUT2D eigenvalue weighted by Gasteiger charge is -2.37. The molecule has 1 amide bonds. The predicted octanol–water partition coefficient (Wildman–Crippen LogP) is 1.00. The molecule has 2 aromatic rings. The molecule has 0 bridgehead atoms. The molecule has 1 atom stereocenters. The van der Waals surface area contributed by atoms with Crippen LogP contribution in [0.4, 0.5) is 5.69 Å². The summed E-state index contributed by atoms with van der Waals surface area (Å²) in [5.74, 6) is -0.504. The van der Waals surface area contributed by atoms with Crippen LogP contribution in [0.25, 0.3) is 6.08 Å². The van der Waals surface area contributed by atoms with Gasteiger partial charge in [0.15, 0.2) is 5.82 Å². The van der Waals surface area contributed by atoms with Gasteiger partial charge < -0.3 is 4.74 Å². The second-order valence-electron chi connectivity index (χ2n) is 5.93. The van der Waals surface area contributed by atoms with E-state index < -0.39 is 10.9 Å². The number of hydrogen-bond acceptors (Lipinski definition) is 9. The summed E-state index contributed by atoms with van der Waals surface area (Å²) in [6, 6.07) is 5.69. The summed E-state index contributed by atoms with van der Waals surface area (Å²) in [6.07, 6.45) is 1.59. The fourth-order valence-corrected chi connectivity index (χ4v) is 3.81. The zero-order valence-electron chi connectivity index (χ0n) is 14.4. The maximum Gasteiger partial charge on any atom is 0.355 e. The minimum Gasteiger partial charge on any atom is -0.456 e. The lowest BCUT2D eigenvalue weighted by Crippen LogP contribution is -2.51. The SMILES string of the molecule is Cn1nnnc1C=C1C(=O)N2C(C(=O)OCc3ccc([N+](=O)[O-])cc3)=CS[C@@H]12. The van der Waals surface area contributed by atoms with Crippen LogP contribution in [-0.4, -0.2) is 47.3 Å². The Hall–Kier alpha value is -3.54. The third kappa shape index (κ3) is 3.03. The molecular formula is C16H12N6O5S. The van der Waals surface area contributed by atoms with E-state index in [9.17, 15) is 19.7 Å². The number of nitro groups is 1. The lowest BCUT2D eigenvalue weighted by atomic mass is 10.0. The van der Waals surface area contributed by atoms with Gasteiger partial charge >= 0.3 is 5.97 Å². The van der Waals surface area contributed by atoms with E-state index in [1.54, 1.807) is 18.5 Å². The van der Waals surface area contributed by atoms with E-state index in [4.69, 9.17) is 4.74 Å². The van der Waals surface area contributed by atoms with Gasteiger partial charge in [-0.05, 0) is 34.2 Å². The van der Waals surface area contributed by atoms with Crippen molar-refractivity contribution in [2.75, 3.05) is 0 Å². The number of carbonyl (C=O) groups excluding carboxylic acids is 2. The zero-order valence-corrected chi connectivity index (χ0v) is 15.2. The van der Waals surface area contributed by atoms with Crippen LogP contribution in [-0.2, 0) is 28.0 Å². The average molecular weight is 400 g/mol.